The van der Waals surface area contributed by atoms with Crippen LogP contribution in [0.1, 0.15) is 26.7 Å². The number of hydrogen-bond acceptors (Lipinski definition) is 7. The quantitative estimate of drug-likeness (QED) is 0.762. The van der Waals surface area contributed by atoms with Gasteiger partial charge in [-0.3, -0.25) is 15.0 Å². The molecule has 3 aliphatic rings. The number of piperidine rings is 1. The molecule has 0 radical (unpaired) electrons. The number of carbonyl (C=O) groups is 1. The summed E-state index contributed by atoms with van der Waals surface area (Å²) in [5, 5.41) is 11.9. The van der Waals surface area contributed by atoms with Gasteiger partial charge in [0.15, 0.2) is 17.6 Å². The molecule has 0 spiro atoms. The molecule has 2 atom stereocenters. The molecule has 146 valence electrons. The van der Waals surface area contributed by atoms with E-state index in [1.165, 1.54) is 4.90 Å². The van der Waals surface area contributed by atoms with Crippen LogP contribution in [0.3, 0.4) is 0 Å². The van der Waals surface area contributed by atoms with E-state index in [9.17, 15) is 13.6 Å². The lowest BCUT2D eigenvalue weighted by Crippen LogP contribution is -2.53. The Bertz CT molecular complexity index is 621. The number of alkyl halides is 2. The minimum atomic E-state index is -3.05. The van der Waals surface area contributed by atoms with Gasteiger partial charge in [0.2, 0.25) is 11.8 Å². The zero-order chi connectivity index (χ0) is 18.9. The molecule has 2 saturated heterocycles. The second-order valence-corrected chi connectivity index (χ2v) is 7.37. The van der Waals surface area contributed by atoms with Gasteiger partial charge in [0, 0.05) is 19.5 Å². The number of β-amino-alcohol motifs (C(OH)–C–C–N with tert-alkyl or cyclic N) is 1. The van der Waals surface area contributed by atoms with Crippen molar-refractivity contribution in [3.8, 4) is 0 Å². The molecule has 7 nitrogen and oxygen atoms in total. The lowest BCUT2D eigenvalue weighted by atomic mass is 9.98. The summed E-state index contributed by atoms with van der Waals surface area (Å²) in [5.74, 6) is -3.33. The summed E-state index contributed by atoms with van der Waals surface area (Å²) in [6, 6.07) is 0. The maximum atomic E-state index is 14.4. The Hall–Kier alpha value is -1.58. The molecule has 0 aromatic rings. The molecule has 26 heavy (non-hydrogen) atoms. The molecule has 3 heterocycles. The number of aliphatic hydroxyl groups excluding tert-OH is 1. The molecule has 3 aliphatic heterocycles. The molecular formula is C17H25F2N3O4. The van der Waals surface area contributed by atoms with Crippen molar-refractivity contribution in [2.75, 3.05) is 32.8 Å². The number of hydrogen-bond donors (Lipinski definition) is 2. The van der Waals surface area contributed by atoms with Crippen molar-refractivity contribution in [3.63, 3.8) is 0 Å². The summed E-state index contributed by atoms with van der Waals surface area (Å²) >= 11 is 0. The summed E-state index contributed by atoms with van der Waals surface area (Å²) in [6.45, 7) is 3.73. The molecule has 0 amide bonds. The molecule has 2 N–H and O–H groups in total. The minimum Gasteiger partial charge on any atom is -0.468 e. The Balaban J connectivity index is 1.70. The number of carbonyl (C=O) groups excluding carboxylic acids is 1. The predicted octanol–water partition coefficient (Wildman–Crippen LogP) is 0.890. The van der Waals surface area contributed by atoms with Crippen LogP contribution >= 0.6 is 0 Å². The van der Waals surface area contributed by atoms with Gasteiger partial charge in [-0.15, -0.1) is 0 Å². The van der Waals surface area contributed by atoms with Crippen molar-refractivity contribution < 1.29 is 28.2 Å². The fourth-order valence-corrected chi connectivity index (χ4v) is 3.32. The Morgan fingerprint density at radius 2 is 2.27 bits per heavy atom. The number of Topliss-reactive ketones (excluding diaryl/α,β-unsaturated/α-hetero) is 1. The summed E-state index contributed by atoms with van der Waals surface area (Å²) in [7, 11) is 0. The van der Waals surface area contributed by atoms with Gasteiger partial charge < -0.3 is 14.6 Å². The number of nitrogens with zero attached hydrogens (tertiary/aromatic N) is 2. The fourth-order valence-electron chi connectivity index (χ4n) is 3.32. The van der Waals surface area contributed by atoms with E-state index in [-0.39, 0.29) is 43.7 Å². The van der Waals surface area contributed by atoms with Crippen molar-refractivity contribution in [2.45, 2.75) is 44.4 Å². The second kappa shape index (κ2) is 7.21. The highest BCUT2D eigenvalue weighted by atomic mass is 19.3. The van der Waals surface area contributed by atoms with Gasteiger partial charge in [0.05, 0.1) is 25.6 Å². The van der Waals surface area contributed by atoms with Crippen molar-refractivity contribution in [2.24, 2.45) is 10.9 Å². The van der Waals surface area contributed by atoms with Crippen LogP contribution in [0.25, 0.3) is 0 Å². The lowest BCUT2D eigenvalue weighted by Gasteiger charge is -2.38. The van der Waals surface area contributed by atoms with Gasteiger partial charge in [-0.25, -0.2) is 8.78 Å². The molecule has 0 bridgehead atoms. The number of rotatable bonds is 4. The number of ketones is 1. The fraction of sp³-hybridized carbons (Fsp3) is 0.765. The first-order chi connectivity index (χ1) is 12.2. The Morgan fingerprint density at radius 3 is 2.96 bits per heavy atom. The van der Waals surface area contributed by atoms with Crippen LogP contribution in [-0.2, 0) is 14.3 Å². The zero-order valence-corrected chi connectivity index (χ0v) is 15.0. The van der Waals surface area contributed by atoms with Gasteiger partial charge in [0.25, 0.3) is 5.92 Å². The molecule has 0 aliphatic carbocycles. The lowest BCUT2D eigenvalue weighted by molar-refractivity contribution is -0.159. The van der Waals surface area contributed by atoms with E-state index in [4.69, 9.17) is 14.6 Å². The van der Waals surface area contributed by atoms with Crippen LogP contribution in [0.15, 0.2) is 17.0 Å². The number of aliphatic hydroxyl groups is 1. The van der Waals surface area contributed by atoms with Crippen molar-refractivity contribution >= 4 is 11.7 Å². The second-order valence-electron chi connectivity index (χ2n) is 7.37. The smallest absolute Gasteiger partial charge is 0.296 e. The summed E-state index contributed by atoms with van der Waals surface area (Å²) in [6.07, 6.45) is 0.729. The summed E-state index contributed by atoms with van der Waals surface area (Å²) in [5.41, 5.74) is -0.773. The third kappa shape index (κ3) is 4.21. The Morgan fingerprint density at radius 1 is 1.50 bits per heavy atom. The molecule has 2 unspecified atom stereocenters. The van der Waals surface area contributed by atoms with E-state index in [1.807, 2.05) is 0 Å². The average molecular weight is 373 g/mol. The first-order valence-corrected chi connectivity index (χ1v) is 8.83. The third-order valence-corrected chi connectivity index (χ3v) is 4.78. The number of aliphatic imine (C=N–C) groups is 1. The zero-order valence-electron chi connectivity index (χ0n) is 15.0. The van der Waals surface area contributed by atoms with Gasteiger partial charge in [-0.2, -0.15) is 4.99 Å². The van der Waals surface area contributed by atoms with Crippen molar-refractivity contribution in [1.82, 2.24) is 10.2 Å². The first kappa shape index (κ1) is 19.2. The standard InChI is InChI=1S/C17H25F2N3O4/c1-16(2)20-9-12(24)11-3-4-14(21-15(11)26-16)25-13-5-6-22(7-8-23)10-17(13,18)19/h4,11,13,20,23H,3,5-10H2,1-2H3. The summed E-state index contributed by atoms with van der Waals surface area (Å²) in [4.78, 5) is 17.9. The van der Waals surface area contributed by atoms with Crippen molar-refractivity contribution in [3.05, 3.63) is 12.0 Å². The number of allylic oxidation sites excluding steroid dienone is 1. The average Bonchev–Trinajstić information content (AvgIpc) is 2.66. The highest BCUT2D eigenvalue weighted by Gasteiger charge is 2.47. The maximum Gasteiger partial charge on any atom is 0.296 e. The van der Waals surface area contributed by atoms with E-state index in [1.54, 1.807) is 19.9 Å². The molecule has 2 fully saturated rings. The van der Waals surface area contributed by atoms with E-state index in [0.29, 0.717) is 13.0 Å². The number of halogens is 2. The monoisotopic (exact) mass is 373 g/mol. The molecule has 0 saturated carbocycles. The normalized spacial score (nSPS) is 31.2. The molecule has 9 heteroatoms. The Labute approximate surface area is 151 Å². The molecular weight excluding hydrogens is 348 g/mol. The molecule has 3 rings (SSSR count). The van der Waals surface area contributed by atoms with Crippen LogP contribution < -0.4 is 5.32 Å². The Kier molecular flexibility index (Phi) is 5.32. The van der Waals surface area contributed by atoms with Crippen molar-refractivity contribution in [1.29, 1.82) is 0 Å². The molecule has 0 aromatic carbocycles. The van der Waals surface area contributed by atoms with E-state index in [2.05, 4.69) is 10.3 Å². The van der Waals surface area contributed by atoms with Gasteiger partial charge in [-0.05, 0) is 26.3 Å². The van der Waals surface area contributed by atoms with Crippen LogP contribution in [0.2, 0.25) is 0 Å². The van der Waals surface area contributed by atoms with E-state index in [0.717, 1.165) is 0 Å². The highest BCUT2D eigenvalue weighted by Crippen LogP contribution is 2.33. The van der Waals surface area contributed by atoms with E-state index < -0.39 is 30.2 Å². The minimum absolute atomic E-state index is 0.0488. The van der Waals surface area contributed by atoms with E-state index >= 15 is 0 Å². The summed E-state index contributed by atoms with van der Waals surface area (Å²) < 4.78 is 40.0. The number of ether oxygens (including phenoxy) is 2. The maximum absolute atomic E-state index is 14.4. The van der Waals surface area contributed by atoms with Gasteiger partial charge in [-0.1, -0.05) is 0 Å². The number of nitrogens with one attached hydrogen (secondary N) is 1. The van der Waals surface area contributed by atoms with Crippen LogP contribution in [-0.4, -0.2) is 72.2 Å². The molecule has 0 aromatic heterocycles. The van der Waals surface area contributed by atoms with Crippen LogP contribution in [0, 0.1) is 5.92 Å². The topological polar surface area (TPSA) is 83.4 Å². The number of likely N-dealkylation sites (tertiary alicyclic amines) is 1. The van der Waals surface area contributed by atoms with Crippen LogP contribution in [0.4, 0.5) is 8.78 Å². The SMILES string of the molecule is CC1(C)NCC(=O)C2CC=C(OC3CCN(CCO)CC3(F)F)N=C2O1. The van der Waals surface area contributed by atoms with Crippen LogP contribution in [0.5, 0.6) is 0 Å². The van der Waals surface area contributed by atoms with Gasteiger partial charge >= 0.3 is 0 Å². The number of fused-ring (bicyclic) bond motifs is 1. The largest absolute Gasteiger partial charge is 0.468 e. The highest BCUT2D eigenvalue weighted by molar-refractivity contribution is 6.04. The first-order valence-electron chi connectivity index (χ1n) is 8.83. The predicted molar refractivity (Wildman–Crippen MR) is 89.8 cm³/mol. The van der Waals surface area contributed by atoms with Gasteiger partial charge in [0.1, 0.15) is 0 Å². The third-order valence-electron chi connectivity index (χ3n) is 4.78.